The highest BCUT2D eigenvalue weighted by Crippen LogP contribution is 2.42. The minimum atomic E-state index is -4.47. The predicted molar refractivity (Wildman–Crippen MR) is 87.1 cm³/mol. The summed E-state index contributed by atoms with van der Waals surface area (Å²) in [5, 5.41) is 1.04. The largest absolute Gasteiger partial charge is 0.409 e. The number of halogens is 3. The van der Waals surface area contributed by atoms with Gasteiger partial charge >= 0.3 is 6.18 Å². The van der Waals surface area contributed by atoms with Crippen LogP contribution in [0.1, 0.15) is 63.6 Å². The van der Waals surface area contributed by atoms with Gasteiger partial charge in [0, 0.05) is 12.0 Å². The standard InChI is InChI=1S/C18H25F3N2O/c1-4-5-6-7-13-8-10-14(11-9-13)16(18(19,20)21)23-17(2,3)12-15(24)22-23/h8-11,16H,4-7,12H2,1-3H3,(H,22,24). The Bertz CT molecular complexity index is 567. The van der Waals surface area contributed by atoms with Crippen LogP contribution in [0.3, 0.4) is 0 Å². The molecule has 3 nitrogen and oxygen atoms in total. The van der Waals surface area contributed by atoms with Crippen molar-refractivity contribution >= 4 is 5.91 Å². The highest BCUT2D eigenvalue weighted by molar-refractivity contribution is 5.79. The number of alkyl halides is 3. The number of benzene rings is 1. The van der Waals surface area contributed by atoms with E-state index < -0.39 is 17.8 Å². The van der Waals surface area contributed by atoms with Gasteiger partial charge in [0.2, 0.25) is 5.91 Å². The van der Waals surface area contributed by atoms with Gasteiger partial charge in [-0.25, -0.2) is 0 Å². The molecule has 1 aliphatic heterocycles. The van der Waals surface area contributed by atoms with Crippen molar-refractivity contribution in [2.45, 2.75) is 70.6 Å². The molecule has 1 atom stereocenters. The SMILES string of the molecule is CCCCCc1ccc(C(N2NC(=O)CC2(C)C)C(F)(F)F)cc1. The predicted octanol–water partition coefficient (Wildman–Crippen LogP) is 4.54. The van der Waals surface area contributed by atoms with E-state index in [4.69, 9.17) is 0 Å². The lowest BCUT2D eigenvalue weighted by Crippen LogP contribution is -2.51. The van der Waals surface area contributed by atoms with Gasteiger partial charge in [-0.1, -0.05) is 44.0 Å². The summed E-state index contributed by atoms with van der Waals surface area (Å²) >= 11 is 0. The van der Waals surface area contributed by atoms with Gasteiger partial charge in [-0.2, -0.15) is 18.2 Å². The number of carbonyl (C=O) groups excluding carboxylic acids is 1. The molecule has 1 heterocycles. The quantitative estimate of drug-likeness (QED) is 0.770. The van der Waals surface area contributed by atoms with E-state index in [0.717, 1.165) is 36.3 Å². The molecule has 1 aliphatic rings. The third kappa shape index (κ3) is 4.29. The van der Waals surface area contributed by atoms with E-state index in [0.29, 0.717) is 0 Å². The van der Waals surface area contributed by atoms with Crippen LogP contribution in [0.25, 0.3) is 0 Å². The Morgan fingerprint density at radius 1 is 1.21 bits per heavy atom. The Hall–Kier alpha value is -1.56. The third-order valence-electron chi connectivity index (χ3n) is 4.42. The number of hydrazine groups is 1. The second kappa shape index (κ2) is 7.13. The van der Waals surface area contributed by atoms with Crippen molar-refractivity contribution in [3.8, 4) is 0 Å². The molecule has 0 saturated carbocycles. The fourth-order valence-electron chi connectivity index (χ4n) is 3.15. The van der Waals surface area contributed by atoms with Gasteiger partial charge in [-0.05, 0) is 37.8 Å². The summed E-state index contributed by atoms with van der Waals surface area (Å²) in [6.07, 6.45) is -0.295. The van der Waals surface area contributed by atoms with E-state index in [1.807, 2.05) is 0 Å². The van der Waals surface area contributed by atoms with Crippen molar-refractivity contribution in [3.05, 3.63) is 35.4 Å². The second-order valence-corrected chi connectivity index (χ2v) is 7.04. The van der Waals surface area contributed by atoms with Gasteiger partial charge < -0.3 is 0 Å². The number of nitrogens with one attached hydrogen (secondary N) is 1. The van der Waals surface area contributed by atoms with Crippen molar-refractivity contribution < 1.29 is 18.0 Å². The zero-order chi connectivity index (χ0) is 18.0. The molecule has 1 amide bonds. The number of carbonyl (C=O) groups is 1. The van der Waals surface area contributed by atoms with E-state index in [9.17, 15) is 18.0 Å². The highest BCUT2D eigenvalue weighted by Gasteiger charge is 2.52. The van der Waals surface area contributed by atoms with Crippen molar-refractivity contribution in [1.29, 1.82) is 0 Å². The molecule has 0 aromatic heterocycles. The zero-order valence-electron chi connectivity index (χ0n) is 14.4. The fourth-order valence-corrected chi connectivity index (χ4v) is 3.15. The maximum atomic E-state index is 13.7. The molecule has 1 fully saturated rings. The van der Waals surface area contributed by atoms with E-state index in [2.05, 4.69) is 12.3 Å². The summed E-state index contributed by atoms with van der Waals surface area (Å²) in [5.41, 5.74) is 2.68. The van der Waals surface area contributed by atoms with Gasteiger partial charge in [0.1, 0.15) is 0 Å². The van der Waals surface area contributed by atoms with Crippen LogP contribution in [0.5, 0.6) is 0 Å². The minimum absolute atomic E-state index is 0.0503. The molecule has 1 aromatic rings. The first kappa shape index (κ1) is 18.8. The van der Waals surface area contributed by atoms with E-state index in [1.54, 1.807) is 26.0 Å². The van der Waals surface area contributed by atoms with Gasteiger partial charge in [-0.15, -0.1) is 0 Å². The number of unbranched alkanes of at least 4 members (excludes halogenated alkanes) is 2. The highest BCUT2D eigenvalue weighted by atomic mass is 19.4. The van der Waals surface area contributed by atoms with Crippen LogP contribution in [0.2, 0.25) is 0 Å². The molecule has 1 unspecified atom stereocenters. The van der Waals surface area contributed by atoms with Gasteiger partial charge in [0.05, 0.1) is 0 Å². The molecule has 2 rings (SSSR count). The number of nitrogens with zero attached hydrogens (tertiary/aromatic N) is 1. The summed E-state index contributed by atoms with van der Waals surface area (Å²) < 4.78 is 41.1. The molecule has 1 N–H and O–H groups in total. The first-order chi connectivity index (χ1) is 11.1. The summed E-state index contributed by atoms with van der Waals surface area (Å²) in [7, 11) is 0. The van der Waals surface area contributed by atoms with E-state index >= 15 is 0 Å². The molecular weight excluding hydrogens is 317 g/mol. The maximum Gasteiger partial charge on any atom is 0.409 e. The van der Waals surface area contributed by atoms with E-state index in [-0.39, 0.29) is 17.9 Å². The smallest absolute Gasteiger partial charge is 0.287 e. The molecule has 0 spiro atoms. The van der Waals surface area contributed by atoms with Gasteiger partial charge in [-0.3, -0.25) is 10.2 Å². The molecule has 1 saturated heterocycles. The lowest BCUT2D eigenvalue weighted by atomic mass is 9.96. The Kier molecular flexibility index (Phi) is 5.58. The average Bonchev–Trinajstić information content (AvgIpc) is 2.72. The number of hydrogen-bond acceptors (Lipinski definition) is 2. The van der Waals surface area contributed by atoms with Crippen molar-refractivity contribution in [2.24, 2.45) is 0 Å². The Labute approximate surface area is 141 Å². The van der Waals surface area contributed by atoms with Crippen LogP contribution >= 0.6 is 0 Å². The maximum absolute atomic E-state index is 13.7. The van der Waals surface area contributed by atoms with E-state index in [1.165, 1.54) is 12.1 Å². The topological polar surface area (TPSA) is 32.3 Å². The third-order valence-corrected chi connectivity index (χ3v) is 4.42. The first-order valence-electron chi connectivity index (χ1n) is 8.39. The molecule has 0 radical (unpaired) electrons. The minimum Gasteiger partial charge on any atom is -0.287 e. The lowest BCUT2D eigenvalue weighted by Gasteiger charge is -2.38. The number of amides is 1. The molecule has 0 bridgehead atoms. The van der Waals surface area contributed by atoms with Crippen LogP contribution in [0.15, 0.2) is 24.3 Å². The van der Waals surface area contributed by atoms with Crippen LogP contribution < -0.4 is 5.43 Å². The molecule has 134 valence electrons. The Morgan fingerprint density at radius 3 is 2.29 bits per heavy atom. The summed E-state index contributed by atoms with van der Waals surface area (Å²) in [6, 6.07) is 4.73. The molecule has 24 heavy (non-hydrogen) atoms. The van der Waals surface area contributed by atoms with Crippen LogP contribution in [-0.2, 0) is 11.2 Å². The van der Waals surface area contributed by atoms with Crippen molar-refractivity contribution in [1.82, 2.24) is 10.4 Å². The van der Waals surface area contributed by atoms with Gasteiger partial charge in [0.25, 0.3) is 0 Å². The number of aryl methyl sites for hydroxylation is 1. The first-order valence-corrected chi connectivity index (χ1v) is 8.39. The Morgan fingerprint density at radius 2 is 1.83 bits per heavy atom. The molecule has 0 aliphatic carbocycles. The lowest BCUT2D eigenvalue weighted by molar-refractivity contribution is -0.203. The molecular formula is C18H25F3N2O. The number of rotatable bonds is 6. The zero-order valence-corrected chi connectivity index (χ0v) is 14.4. The normalized spacial score (nSPS) is 19.3. The van der Waals surface area contributed by atoms with Gasteiger partial charge in [0.15, 0.2) is 6.04 Å². The van der Waals surface area contributed by atoms with Crippen molar-refractivity contribution in [3.63, 3.8) is 0 Å². The monoisotopic (exact) mass is 342 g/mol. The van der Waals surface area contributed by atoms with Crippen LogP contribution in [0, 0.1) is 0 Å². The number of hydrogen-bond donors (Lipinski definition) is 1. The van der Waals surface area contributed by atoms with Crippen LogP contribution in [0.4, 0.5) is 13.2 Å². The Balaban J connectivity index is 2.24. The van der Waals surface area contributed by atoms with Crippen LogP contribution in [-0.4, -0.2) is 22.6 Å². The summed E-state index contributed by atoms with van der Waals surface area (Å²) in [6.45, 7) is 5.40. The molecule has 1 aromatic carbocycles. The molecule has 6 heteroatoms. The second-order valence-electron chi connectivity index (χ2n) is 7.04. The summed E-state index contributed by atoms with van der Waals surface area (Å²) in [4.78, 5) is 11.6. The summed E-state index contributed by atoms with van der Waals surface area (Å²) in [5.74, 6) is -0.384. The fraction of sp³-hybridized carbons (Fsp3) is 0.611. The van der Waals surface area contributed by atoms with Crippen molar-refractivity contribution in [2.75, 3.05) is 0 Å². The average molecular weight is 342 g/mol.